The van der Waals surface area contributed by atoms with Gasteiger partial charge in [-0.25, -0.2) is 0 Å². The molecule has 6 heavy (non-hydrogen) atoms. The van der Waals surface area contributed by atoms with Gasteiger partial charge in [-0.05, 0) is 0 Å². The van der Waals surface area contributed by atoms with Gasteiger partial charge in [0.2, 0.25) is 0 Å². The molecule has 0 aliphatic carbocycles. The van der Waals surface area contributed by atoms with Crippen LogP contribution in [0, 0.1) is 0 Å². The quantitative estimate of drug-likeness (QED) is 0.328. The molecule has 0 rings (SSSR count). The topological polar surface area (TPSA) is 0 Å². The second-order valence-corrected chi connectivity index (χ2v) is 0. The van der Waals surface area contributed by atoms with E-state index in [-0.39, 0.29) is 45.1 Å². The van der Waals surface area contributed by atoms with Crippen molar-refractivity contribution in [3.63, 3.8) is 0 Å². The summed E-state index contributed by atoms with van der Waals surface area (Å²) < 4.78 is 9.31. The SMILES string of the molecule is F.F.F.FBr.[H-].[Na+]. The molecule has 0 aromatic heterocycles. The first kappa shape index (κ1) is 57.2. The minimum Gasteiger partial charge on any atom is -1.00 e. The first-order valence-corrected chi connectivity index (χ1v) is 0.742. The molecule has 40 valence electrons. The van der Waals surface area contributed by atoms with E-state index < -0.39 is 0 Å². The summed E-state index contributed by atoms with van der Waals surface area (Å²) in [6, 6.07) is 0. The molecule has 0 aromatic carbocycles. The maximum Gasteiger partial charge on any atom is 1.00 e. The first-order chi connectivity index (χ1) is 1.00. The Kier molecular flexibility index (Phi) is 1110. The molecular weight excluding hydrogens is 179 g/mol. The molecule has 0 heterocycles. The van der Waals surface area contributed by atoms with Crippen molar-refractivity contribution < 1.29 is 48.7 Å². The molecule has 0 saturated carbocycles. The number of hydrogen-bond acceptors (Lipinski definition) is 0. The van der Waals surface area contributed by atoms with Gasteiger partial charge in [-0.15, -0.1) is 0 Å². The Morgan fingerprint density at radius 2 is 1.00 bits per heavy atom. The Balaban J connectivity index is -0.000000000500. The molecule has 0 atom stereocenters. The Bertz CT molecular complexity index is 11.7. The van der Waals surface area contributed by atoms with Crippen molar-refractivity contribution in [1.29, 1.82) is 0 Å². The maximum absolute atomic E-state index is 9.31. The van der Waals surface area contributed by atoms with Crippen molar-refractivity contribution in [2.24, 2.45) is 0 Å². The smallest absolute Gasteiger partial charge is 1.00 e. The molecule has 0 saturated heterocycles. The third kappa shape index (κ3) is 63.7. The molecule has 0 amide bonds. The maximum atomic E-state index is 9.31. The van der Waals surface area contributed by atoms with Crippen molar-refractivity contribution in [1.82, 2.24) is 0 Å². The summed E-state index contributed by atoms with van der Waals surface area (Å²) in [5, 5.41) is 0. The first-order valence-electron chi connectivity index (χ1n) is 0.143. The van der Waals surface area contributed by atoms with Crippen molar-refractivity contribution in [3.8, 4) is 0 Å². The van der Waals surface area contributed by atoms with E-state index in [1.807, 2.05) is 0 Å². The van der Waals surface area contributed by atoms with E-state index in [0.29, 0.717) is 0 Å². The summed E-state index contributed by atoms with van der Waals surface area (Å²) in [7, 11) is 0. The van der Waals surface area contributed by atoms with Crippen molar-refractivity contribution in [3.05, 3.63) is 0 Å². The summed E-state index contributed by atoms with van der Waals surface area (Å²) in [4.78, 5) is 0. The van der Waals surface area contributed by atoms with Gasteiger partial charge in [0.1, 0.15) is 0 Å². The van der Waals surface area contributed by atoms with E-state index >= 15 is 0 Å². The van der Waals surface area contributed by atoms with Gasteiger partial charge in [0, 0.05) is 0 Å². The second-order valence-electron chi connectivity index (χ2n) is 0. The number of hydrogen-bond donors (Lipinski definition) is 0. The molecule has 0 N–H and O–H groups in total. The molecular formula is H4BrF4Na. The summed E-state index contributed by atoms with van der Waals surface area (Å²) in [5.74, 6) is 0. The van der Waals surface area contributed by atoms with E-state index in [2.05, 4.69) is 0 Å². The minimum atomic E-state index is 0. The standard InChI is InChI=1S/BrF.3FH.Na.H/c1-2;;;;;/h;3*1H;;/q;;;;+1;-1. The van der Waals surface area contributed by atoms with E-state index in [0.717, 1.165) is 0 Å². The third-order valence-corrected chi connectivity index (χ3v) is 0. The van der Waals surface area contributed by atoms with Gasteiger partial charge in [-0.2, -0.15) is 3.56 Å². The van der Waals surface area contributed by atoms with Gasteiger partial charge in [-0.1, -0.05) is 0 Å². The fourth-order valence-corrected chi connectivity index (χ4v) is 0. The van der Waals surface area contributed by atoms with Gasteiger partial charge < -0.3 is 1.43 Å². The predicted molar refractivity (Wildman–Crippen MR) is 18.7 cm³/mol. The van der Waals surface area contributed by atoms with Crippen LogP contribution in [0.5, 0.6) is 0 Å². The Morgan fingerprint density at radius 3 is 1.00 bits per heavy atom. The van der Waals surface area contributed by atoms with E-state index in [1.165, 1.54) is 16.4 Å². The van der Waals surface area contributed by atoms with Gasteiger partial charge in [0.15, 0.2) is 16.4 Å². The molecule has 0 bridgehead atoms. The van der Waals surface area contributed by atoms with Crippen LogP contribution in [0.25, 0.3) is 0 Å². The average Bonchev–Trinajstić information content (AvgIpc) is 1.00. The largest absolute Gasteiger partial charge is 1.00 e. The fourth-order valence-electron chi connectivity index (χ4n) is 0. The zero-order chi connectivity index (χ0) is 2.00. The van der Waals surface area contributed by atoms with Crippen molar-refractivity contribution >= 4 is 16.4 Å². The van der Waals surface area contributed by atoms with Gasteiger partial charge in [0.05, 0.1) is 0 Å². The van der Waals surface area contributed by atoms with Crippen molar-refractivity contribution in [2.75, 3.05) is 0 Å². The van der Waals surface area contributed by atoms with Crippen LogP contribution in [0.15, 0.2) is 0 Å². The number of halogens is 5. The Hall–Kier alpha value is 1.20. The number of rotatable bonds is 0. The molecule has 0 spiro atoms. The molecule has 0 aliphatic rings. The molecule has 0 radical (unpaired) electrons. The van der Waals surface area contributed by atoms with Crippen LogP contribution in [0.3, 0.4) is 0 Å². The van der Waals surface area contributed by atoms with Crippen LogP contribution in [0.4, 0.5) is 17.7 Å². The van der Waals surface area contributed by atoms with E-state index in [1.54, 1.807) is 0 Å². The second kappa shape index (κ2) is 116. The van der Waals surface area contributed by atoms with Gasteiger partial charge >= 0.3 is 29.6 Å². The summed E-state index contributed by atoms with van der Waals surface area (Å²) in [5.41, 5.74) is 0. The Morgan fingerprint density at radius 1 is 1.00 bits per heavy atom. The average molecular weight is 183 g/mol. The summed E-state index contributed by atoms with van der Waals surface area (Å²) >= 11 is 1.44. The summed E-state index contributed by atoms with van der Waals surface area (Å²) in [6.45, 7) is 0. The van der Waals surface area contributed by atoms with Gasteiger partial charge in [-0.3, -0.25) is 14.1 Å². The van der Waals surface area contributed by atoms with Crippen LogP contribution in [-0.4, -0.2) is 0 Å². The molecule has 0 aromatic rings. The van der Waals surface area contributed by atoms with E-state index in [9.17, 15) is 3.56 Å². The van der Waals surface area contributed by atoms with Crippen LogP contribution < -0.4 is 29.6 Å². The fraction of sp³-hybridized carbons (Fsp3) is 0. The van der Waals surface area contributed by atoms with E-state index in [4.69, 9.17) is 0 Å². The van der Waals surface area contributed by atoms with Crippen LogP contribution >= 0.6 is 16.4 Å². The third-order valence-electron chi connectivity index (χ3n) is 0. The molecule has 0 unspecified atom stereocenters. The summed E-state index contributed by atoms with van der Waals surface area (Å²) in [6.07, 6.45) is 0. The monoisotopic (exact) mass is 182 g/mol. The van der Waals surface area contributed by atoms with Crippen LogP contribution in [-0.2, 0) is 0 Å². The van der Waals surface area contributed by atoms with Crippen molar-refractivity contribution in [2.45, 2.75) is 0 Å². The predicted octanol–water partition coefficient (Wildman–Crippen LogP) is -1.16. The Labute approximate surface area is 65.0 Å². The minimum absolute atomic E-state index is 0. The molecule has 0 nitrogen and oxygen atoms in total. The van der Waals surface area contributed by atoms with Gasteiger partial charge in [0.25, 0.3) is 0 Å². The molecule has 0 aliphatic heterocycles. The normalized spacial score (nSPS) is 1.00. The zero-order valence-corrected chi connectivity index (χ0v) is 6.57. The molecule has 0 fully saturated rings. The zero-order valence-electron chi connectivity index (χ0n) is 3.98. The van der Waals surface area contributed by atoms with Crippen LogP contribution in [0.1, 0.15) is 1.43 Å². The van der Waals surface area contributed by atoms with Crippen LogP contribution in [0.2, 0.25) is 0 Å². The molecule has 6 heteroatoms.